The van der Waals surface area contributed by atoms with Crippen molar-refractivity contribution < 1.29 is 9.15 Å². The third-order valence-electron chi connectivity index (χ3n) is 4.00. The van der Waals surface area contributed by atoms with Crippen molar-refractivity contribution in [3.8, 4) is 5.75 Å². The maximum atomic E-state index is 5.89. The molecule has 0 saturated heterocycles. The van der Waals surface area contributed by atoms with Gasteiger partial charge in [0.2, 0.25) is 0 Å². The molecule has 21 heavy (non-hydrogen) atoms. The second-order valence-corrected chi connectivity index (χ2v) is 5.81. The normalized spacial score (nSPS) is 20.5. The van der Waals surface area contributed by atoms with Crippen LogP contribution in [0.15, 0.2) is 40.8 Å². The Labute approximate surface area is 126 Å². The van der Waals surface area contributed by atoms with Crippen LogP contribution >= 0.6 is 0 Å². The molecule has 1 saturated carbocycles. The molecule has 1 N–H and O–H groups in total. The quantitative estimate of drug-likeness (QED) is 0.832. The summed E-state index contributed by atoms with van der Waals surface area (Å²) in [4.78, 5) is 0. The molecule has 1 heterocycles. The van der Waals surface area contributed by atoms with Gasteiger partial charge in [-0.05, 0) is 49.1 Å². The molecule has 1 aromatic heterocycles. The van der Waals surface area contributed by atoms with Gasteiger partial charge in [-0.25, -0.2) is 0 Å². The summed E-state index contributed by atoms with van der Waals surface area (Å²) in [5.41, 5.74) is 1.23. The summed E-state index contributed by atoms with van der Waals surface area (Å²) in [6, 6.07) is 12.4. The predicted octanol–water partition coefficient (Wildman–Crippen LogP) is 4.09. The van der Waals surface area contributed by atoms with E-state index in [1.165, 1.54) is 12.0 Å². The summed E-state index contributed by atoms with van der Waals surface area (Å²) in [7, 11) is 0. The van der Waals surface area contributed by atoms with E-state index in [0.29, 0.717) is 12.5 Å². The van der Waals surface area contributed by atoms with Gasteiger partial charge in [0.25, 0.3) is 0 Å². The fraction of sp³-hybridized carbons (Fsp3) is 0.444. The van der Waals surface area contributed by atoms with E-state index in [2.05, 4.69) is 36.5 Å². The summed E-state index contributed by atoms with van der Waals surface area (Å²) in [5, 5.41) is 3.42. The molecule has 0 spiro atoms. The molecule has 3 nitrogen and oxygen atoms in total. The fourth-order valence-corrected chi connectivity index (χ4v) is 2.65. The average Bonchev–Trinajstić information content (AvgIpc) is 3.02. The van der Waals surface area contributed by atoms with Crippen LogP contribution in [0.2, 0.25) is 0 Å². The topological polar surface area (TPSA) is 34.4 Å². The van der Waals surface area contributed by atoms with Crippen molar-refractivity contribution in [1.29, 1.82) is 0 Å². The van der Waals surface area contributed by atoms with Crippen LogP contribution in [0.1, 0.15) is 43.3 Å². The minimum absolute atomic E-state index is 0.654. The van der Waals surface area contributed by atoms with E-state index in [4.69, 9.17) is 9.15 Å². The van der Waals surface area contributed by atoms with Crippen LogP contribution in [0.3, 0.4) is 0 Å². The van der Waals surface area contributed by atoms with Gasteiger partial charge in [-0.3, -0.25) is 0 Å². The van der Waals surface area contributed by atoms with E-state index in [1.54, 1.807) is 0 Å². The molecule has 1 fully saturated rings. The standard InChI is InChI=1S/C18H23NO2/c1-3-20-15-6-4-5-14(10-15)11-19-12-16-7-8-18(21-16)17-9-13(17)2/h4-8,10,13,17,19H,3,9,11-12H2,1-2H3/t13-,17+/m0/s1. The predicted molar refractivity (Wildman–Crippen MR) is 83.4 cm³/mol. The second kappa shape index (κ2) is 6.35. The Morgan fingerprint density at radius 1 is 1.24 bits per heavy atom. The van der Waals surface area contributed by atoms with Crippen LogP contribution in [0.25, 0.3) is 0 Å². The van der Waals surface area contributed by atoms with Crippen molar-refractivity contribution in [3.05, 3.63) is 53.5 Å². The first-order valence-corrected chi connectivity index (χ1v) is 7.77. The first kappa shape index (κ1) is 14.2. The zero-order chi connectivity index (χ0) is 14.7. The van der Waals surface area contributed by atoms with Crippen molar-refractivity contribution in [2.24, 2.45) is 5.92 Å². The maximum Gasteiger partial charge on any atom is 0.119 e. The van der Waals surface area contributed by atoms with Gasteiger partial charge in [-0.2, -0.15) is 0 Å². The molecule has 3 rings (SSSR count). The molecule has 0 unspecified atom stereocenters. The Balaban J connectivity index is 1.49. The molecule has 1 aromatic carbocycles. The first-order valence-electron chi connectivity index (χ1n) is 7.77. The summed E-state index contributed by atoms with van der Waals surface area (Å²) in [5.74, 6) is 4.54. The van der Waals surface area contributed by atoms with Gasteiger partial charge in [0.1, 0.15) is 17.3 Å². The third-order valence-corrected chi connectivity index (χ3v) is 4.00. The van der Waals surface area contributed by atoms with E-state index in [1.807, 2.05) is 19.1 Å². The third kappa shape index (κ3) is 3.67. The van der Waals surface area contributed by atoms with Crippen molar-refractivity contribution in [3.63, 3.8) is 0 Å². The zero-order valence-electron chi connectivity index (χ0n) is 12.8. The van der Waals surface area contributed by atoms with Crippen molar-refractivity contribution in [1.82, 2.24) is 5.32 Å². The molecule has 1 aliphatic rings. The molecule has 0 aliphatic heterocycles. The molecular weight excluding hydrogens is 262 g/mol. The number of nitrogens with one attached hydrogen (secondary N) is 1. The Kier molecular flexibility index (Phi) is 4.30. The van der Waals surface area contributed by atoms with Gasteiger partial charge < -0.3 is 14.5 Å². The van der Waals surface area contributed by atoms with Crippen LogP contribution in [-0.2, 0) is 13.1 Å². The molecule has 2 aromatic rings. The largest absolute Gasteiger partial charge is 0.494 e. The van der Waals surface area contributed by atoms with E-state index in [-0.39, 0.29) is 0 Å². The summed E-state index contributed by atoms with van der Waals surface area (Å²) < 4.78 is 11.4. The van der Waals surface area contributed by atoms with Crippen LogP contribution in [0.5, 0.6) is 5.75 Å². The Morgan fingerprint density at radius 2 is 2.10 bits per heavy atom. The lowest BCUT2D eigenvalue weighted by molar-refractivity contribution is 0.340. The van der Waals surface area contributed by atoms with Gasteiger partial charge in [0.15, 0.2) is 0 Å². The van der Waals surface area contributed by atoms with Gasteiger partial charge in [0, 0.05) is 12.5 Å². The van der Waals surface area contributed by atoms with Crippen molar-refractivity contribution in [2.45, 2.75) is 39.3 Å². The average molecular weight is 285 g/mol. The Bertz CT molecular complexity index is 590. The van der Waals surface area contributed by atoms with Gasteiger partial charge in [-0.15, -0.1) is 0 Å². The lowest BCUT2D eigenvalue weighted by Gasteiger charge is -2.06. The Hall–Kier alpha value is -1.74. The molecule has 1 aliphatic carbocycles. The van der Waals surface area contributed by atoms with E-state index < -0.39 is 0 Å². The van der Waals surface area contributed by atoms with E-state index in [0.717, 1.165) is 36.3 Å². The highest BCUT2D eigenvalue weighted by molar-refractivity contribution is 5.28. The summed E-state index contributed by atoms with van der Waals surface area (Å²) in [6.45, 7) is 6.55. The van der Waals surface area contributed by atoms with Crippen LogP contribution in [0.4, 0.5) is 0 Å². The molecule has 0 bridgehead atoms. The van der Waals surface area contributed by atoms with E-state index >= 15 is 0 Å². The molecule has 3 heteroatoms. The monoisotopic (exact) mass is 285 g/mol. The number of furan rings is 1. The van der Waals surface area contributed by atoms with E-state index in [9.17, 15) is 0 Å². The van der Waals surface area contributed by atoms with Crippen molar-refractivity contribution >= 4 is 0 Å². The SMILES string of the molecule is CCOc1cccc(CNCc2ccc([C@@H]3C[C@@H]3C)o2)c1. The zero-order valence-corrected chi connectivity index (χ0v) is 12.8. The minimum Gasteiger partial charge on any atom is -0.494 e. The highest BCUT2D eigenvalue weighted by Crippen LogP contribution is 2.47. The second-order valence-electron chi connectivity index (χ2n) is 5.81. The molecular formula is C18H23NO2. The number of rotatable bonds is 7. The minimum atomic E-state index is 0.654. The fourth-order valence-electron chi connectivity index (χ4n) is 2.65. The highest BCUT2D eigenvalue weighted by Gasteiger charge is 2.36. The molecule has 2 atom stereocenters. The number of benzene rings is 1. The maximum absolute atomic E-state index is 5.89. The molecule has 112 valence electrons. The lowest BCUT2D eigenvalue weighted by Crippen LogP contribution is -2.12. The highest BCUT2D eigenvalue weighted by atomic mass is 16.5. The summed E-state index contributed by atoms with van der Waals surface area (Å²) >= 11 is 0. The van der Waals surface area contributed by atoms with Gasteiger partial charge in [-0.1, -0.05) is 19.1 Å². The number of hydrogen-bond acceptors (Lipinski definition) is 3. The number of hydrogen-bond donors (Lipinski definition) is 1. The Morgan fingerprint density at radius 3 is 2.86 bits per heavy atom. The lowest BCUT2D eigenvalue weighted by atomic mass is 10.2. The van der Waals surface area contributed by atoms with Crippen LogP contribution in [0, 0.1) is 5.92 Å². The van der Waals surface area contributed by atoms with Crippen LogP contribution in [-0.4, -0.2) is 6.61 Å². The van der Waals surface area contributed by atoms with Gasteiger partial charge in [0.05, 0.1) is 13.2 Å². The van der Waals surface area contributed by atoms with Crippen molar-refractivity contribution in [2.75, 3.05) is 6.61 Å². The molecule has 0 radical (unpaired) electrons. The molecule has 0 amide bonds. The van der Waals surface area contributed by atoms with Crippen LogP contribution < -0.4 is 10.1 Å². The number of ether oxygens (including phenoxy) is 1. The smallest absolute Gasteiger partial charge is 0.119 e. The summed E-state index contributed by atoms with van der Waals surface area (Å²) in [6.07, 6.45) is 1.27. The first-order chi connectivity index (χ1) is 10.3. The van der Waals surface area contributed by atoms with Gasteiger partial charge >= 0.3 is 0 Å².